The van der Waals surface area contributed by atoms with Crippen LogP contribution in [0.4, 0.5) is 0 Å². The summed E-state index contributed by atoms with van der Waals surface area (Å²) in [5, 5.41) is 19.8. The monoisotopic (exact) mass is 375 g/mol. The number of aryl methyl sites for hydroxylation is 1. The van der Waals surface area contributed by atoms with Gasteiger partial charge in [0, 0.05) is 14.1 Å². The molecule has 3 rings (SSSR count). The first-order valence-electron chi connectivity index (χ1n) is 7.26. The maximum Gasteiger partial charge on any atom is 0.470 e. The molecule has 1 saturated heterocycles. The van der Waals surface area contributed by atoms with E-state index in [1.165, 1.54) is 17.2 Å². The number of aliphatic hydroxyl groups is 2. The zero-order chi connectivity index (χ0) is 18.4. The van der Waals surface area contributed by atoms with E-state index in [1.54, 1.807) is 18.7 Å². The van der Waals surface area contributed by atoms with Crippen LogP contribution in [0.15, 0.2) is 17.6 Å². The molecule has 2 aromatic heterocycles. The molecule has 0 saturated carbocycles. The van der Waals surface area contributed by atoms with Crippen molar-refractivity contribution >= 4 is 19.0 Å². The van der Waals surface area contributed by atoms with Gasteiger partial charge in [0.15, 0.2) is 22.9 Å². The normalized spacial score (nSPS) is 28.2. The van der Waals surface area contributed by atoms with Gasteiger partial charge in [0.25, 0.3) is 0 Å². The van der Waals surface area contributed by atoms with E-state index in [0.29, 0.717) is 16.7 Å². The van der Waals surface area contributed by atoms with Gasteiger partial charge in [-0.3, -0.25) is 14.1 Å². The van der Waals surface area contributed by atoms with Crippen LogP contribution in [-0.4, -0.2) is 71.1 Å². The lowest BCUT2D eigenvalue weighted by molar-refractivity contribution is -0.0509. The van der Waals surface area contributed by atoms with Crippen molar-refractivity contribution < 1.29 is 33.8 Å². The van der Waals surface area contributed by atoms with Crippen molar-refractivity contribution in [3.05, 3.63) is 18.1 Å². The van der Waals surface area contributed by atoms with Crippen LogP contribution < -0.4 is 5.49 Å². The SMILES string of the molecule is CN=c1c2ncn([C@@H]3O[C@H](CO)[C@@H](OP(=O)(O)O)[C@H]3O)c2ncn1C. The van der Waals surface area contributed by atoms with Gasteiger partial charge in [-0.15, -0.1) is 0 Å². The maximum absolute atomic E-state index is 11.1. The van der Waals surface area contributed by atoms with E-state index in [9.17, 15) is 14.8 Å². The van der Waals surface area contributed by atoms with Gasteiger partial charge in [-0.05, 0) is 0 Å². The minimum absolute atomic E-state index is 0.358. The molecule has 4 N–H and O–H groups in total. The number of phosphoric acid groups is 1. The Kier molecular flexibility index (Phi) is 4.77. The molecule has 0 radical (unpaired) electrons. The molecule has 13 heteroatoms. The van der Waals surface area contributed by atoms with Crippen LogP contribution in [0.25, 0.3) is 11.2 Å². The Morgan fingerprint density at radius 1 is 1.40 bits per heavy atom. The molecular weight excluding hydrogens is 357 g/mol. The lowest BCUT2D eigenvalue weighted by Crippen LogP contribution is -2.35. The summed E-state index contributed by atoms with van der Waals surface area (Å²) in [6.07, 6.45) is -2.21. The van der Waals surface area contributed by atoms with E-state index in [2.05, 4.69) is 19.5 Å². The highest BCUT2D eigenvalue weighted by Crippen LogP contribution is 2.43. The lowest BCUT2D eigenvalue weighted by atomic mass is 10.1. The van der Waals surface area contributed by atoms with Gasteiger partial charge in [-0.25, -0.2) is 14.5 Å². The second kappa shape index (κ2) is 6.57. The molecule has 0 bridgehead atoms. The molecule has 3 heterocycles. The third kappa shape index (κ3) is 3.25. The third-order valence-electron chi connectivity index (χ3n) is 3.90. The second-order valence-electron chi connectivity index (χ2n) is 5.53. The Balaban J connectivity index is 2.03. The van der Waals surface area contributed by atoms with Crippen molar-refractivity contribution in [2.24, 2.45) is 12.0 Å². The van der Waals surface area contributed by atoms with Gasteiger partial charge in [-0.1, -0.05) is 0 Å². The topological polar surface area (TPSA) is 164 Å². The third-order valence-corrected chi connectivity index (χ3v) is 4.42. The minimum atomic E-state index is -4.88. The molecule has 12 nitrogen and oxygen atoms in total. The van der Waals surface area contributed by atoms with Crippen molar-refractivity contribution in [2.45, 2.75) is 24.5 Å². The Morgan fingerprint density at radius 3 is 2.72 bits per heavy atom. The predicted octanol–water partition coefficient (Wildman–Crippen LogP) is -1.97. The predicted molar refractivity (Wildman–Crippen MR) is 81.9 cm³/mol. The van der Waals surface area contributed by atoms with Crippen molar-refractivity contribution in [3.8, 4) is 0 Å². The number of fused-ring (bicyclic) bond motifs is 1. The number of ether oxygens (including phenoxy) is 1. The number of hydrogen-bond donors (Lipinski definition) is 4. The molecule has 1 aliphatic heterocycles. The Bertz CT molecular complexity index is 890. The van der Waals surface area contributed by atoms with Gasteiger partial charge in [-0.2, -0.15) is 0 Å². The Labute approximate surface area is 141 Å². The van der Waals surface area contributed by atoms with Crippen LogP contribution in [0.2, 0.25) is 0 Å². The van der Waals surface area contributed by atoms with E-state index in [0.717, 1.165) is 0 Å². The zero-order valence-corrected chi connectivity index (χ0v) is 14.3. The molecule has 0 amide bonds. The summed E-state index contributed by atoms with van der Waals surface area (Å²) in [5.74, 6) is 0. The van der Waals surface area contributed by atoms with Crippen molar-refractivity contribution in [1.29, 1.82) is 0 Å². The number of hydrogen-bond acceptors (Lipinski definition) is 8. The summed E-state index contributed by atoms with van der Waals surface area (Å²) in [6.45, 7) is -0.594. The molecule has 0 unspecified atom stereocenters. The van der Waals surface area contributed by atoms with Gasteiger partial charge in [0.2, 0.25) is 0 Å². The maximum atomic E-state index is 11.1. The fourth-order valence-corrected chi connectivity index (χ4v) is 3.42. The smallest absolute Gasteiger partial charge is 0.394 e. The van der Waals surface area contributed by atoms with E-state index in [-0.39, 0.29) is 0 Å². The largest absolute Gasteiger partial charge is 0.470 e. The summed E-state index contributed by atoms with van der Waals surface area (Å²) in [7, 11) is -1.54. The van der Waals surface area contributed by atoms with Crippen LogP contribution in [0.5, 0.6) is 0 Å². The zero-order valence-electron chi connectivity index (χ0n) is 13.4. The van der Waals surface area contributed by atoms with E-state index in [4.69, 9.17) is 14.5 Å². The molecule has 1 aliphatic rings. The molecule has 25 heavy (non-hydrogen) atoms. The number of phosphoric ester groups is 1. The standard InChI is InChI=1S/C12H18N5O7P/c1-13-10-7-11(15-4-16(10)2)17(5-14-7)12-8(19)9(6(3-18)23-12)24-25(20,21)22/h4-6,8-9,12,18-19H,3H2,1-2H3,(H2,20,21,22)/t6-,8-,9-,12-/m1/s1. The van der Waals surface area contributed by atoms with Gasteiger partial charge in [0.05, 0.1) is 19.3 Å². The molecule has 0 aromatic carbocycles. The summed E-state index contributed by atoms with van der Waals surface area (Å²) >= 11 is 0. The van der Waals surface area contributed by atoms with Crippen LogP contribution >= 0.6 is 7.82 Å². The first kappa shape index (κ1) is 18.1. The fourth-order valence-electron chi connectivity index (χ4n) is 2.84. The van der Waals surface area contributed by atoms with Gasteiger partial charge < -0.3 is 29.3 Å². The van der Waals surface area contributed by atoms with Gasteiger partial charge >= 0.3 is 7.82 Å². The molecule has 4 atom stereocenters. The fraction of sp³-hybridized carbons (Fsp3) is 0.583. The van der Waals surface area contributed by atoms with E-state index >= 15 is 0 Å². The molecule has 2 aromatic rings. The van der Waals surface area contributed by atoms with Crippen molar-refractivity contribution in [3.63, 3.8) is 0 Å². The highest BCUT2D eigenvalue weighted by molar-refractivity contribution is 7.46. The number of aliphatic hydroxyl groups excluding tert-OH is 2. The second-order valence-corrected chi connectivity index (χ2v) is 6.72. The quantitative estimate of drug-likeness (QED) is 0.444. The Morgan fingerprint density at radius 2 is 2.12 bits per heavy atom. The molecule has 0 spiro atoms. The van der Waals surface area contributed by atoms with E-state index < -0.39 is 39.0 Å². The number of nitrogens with zero attached hydrogens (tertiary/aromatic N) is 5. The first-order chi connectivity index (χ1) is 11.8. The summed E-state index contributed by atoms with van der Waals surface area (Å²) in [4.78, 5) is 30.6. The number of rotatable bonds is 4. The summed E-state index contributed by atoms with van der Waals surface area (Å²) in [6, 6.07) is 0. The first-order valence-corrected chi connectivity index (χ1v) is 8.79. The van der Waals surface area contributed by atoms with Crippen molar-refractivity contribution in [1.82, 2.24) is 19.1 Å². The van der Waals surface area contributed by atoms with Crippen LogP contribution in [-0.2, 0) is 20.9 Å². The van der Waals surface area contributed by atoms with Gasteiger partial charge in [0.1, 0.15) is 18.3 Å². The van der Waals surface area contributed by atoms with Crippen LogP contribution in [0.3, 0.4) is 0 Å². The minimum Gasteiger partial charge on any atom is -0.394 e. The number of aromatic nitrogens is 4. The number of imidazole rings is 1. The highest BCUT2D eigenvalue weighted by atomic mass is 31.2. The van der Waals surface area contributed by atoms with Crippen molar-refractivity contribution in [2.75, 3.05) is 13.7 Å². The average molecular weight is 375 g/mol. The molecular formula is C12H18N5O7P. The lowest BCUT2D eigenvalue weighted by Gasteiger charge is -2.20. The molecule has 1 fully saturated rings. The highest BCUT2D eigenvalue weighted by Gasteiger charge is 2.48. The molecule has 0 aliphatic carbocycles. The van der Waals surface area contributed by atoms with Crippen LogP contribution in [0, 0.1) is 0 Å². The molecule has 138 valence electrons. The van der Waals surface area contributed by atoms with E-state index in [1.807, 2.05) is 0 Å². The Hall–Kier alpha value is -1.66. The average Bonchev–Trinajstić information content (AvgIpc) is 3.08. The summed E-state index contributed by atoms with van der Waals surface area (Å²) < 4.78 is 24.3. The van der Waals surface area contributed by atoms with Crippen LogP contribution in [0.1, 0.15) is 6.23 Å². The summed E-state index contributed by atoms with van der Waals surface area (Å²) in [5.41, 5.74) is 1.37.